The van der Waals surface area contributed by atoms with Crippen LogP contribution in [0.25, 0.3) is 0 Å². The van der Waals surface area contributed by atoms with Gasteiger partial charge in [0.05, 0.1) is 5.69 Å². The summed E-state index contributed by atoms with van der Waals surface area (Å²) in [6, 6.07) is 3.90. The Hall–Kier alpha value is -0.150. The SMILES string of the molecule is Cc1cc(S)c(N)c(Br)c1. The van der Waals surface area contributed by atoms with Crippen molar-refractivity contribution >= 4 is 34.2 Å². The minimum atomic E-state index is 0.703. The molecule has 0 radical (unpaired) electrons. The lowest BCUT2D eigenvalue weighted by molar-refractivity contribution is 1.35. The molecule has 0 amide bonds. The average molecular weight is 218 g/mol. The molecule has 0 unspecified atom stereocenters. The van der Waals surface area contributed by atoms with Gasteiger partial charge in [-0.05, 0) is 40.5 Å². The van der Waals surface area contributed by atoms with Crippen molar-refractivity contribution in [2.75, 3.05) is 5.73 Å². The Kier molecular flexibility index (Phi) is 2.26. The highest BCUT2D eigenvalue weighted by Gasteiger charge is 1.99. The number of hydrogen-bond acceptors (Lipinski definition) is 2. The normalized spacial score (nSPS) is 9.90. The van der Waals surface area contributed by atoms with Gasteiger partial charge in [0, 0.05) is 9.37 Å². The third-order valence-corrected chi connectivity index (χ3v) is 2.28. The number of rotatable bonds is 0. The second kappa shape index (κ2) is 2.84. The van der Waals surface area contributed by atoms with Gasteiger partial charge in [0.25, 0.3) is 0 Å². The summed E-state index contributed by atoms with van der Waals surface area (Å²) in [5.74, 6) is 0. The third kappa shape index (κ3) is 1.47. The highest BCUT2D eigenvalue weighted by molar-refractivity contribution is 9.10. The van der Waals surface area contributed by atoms with Crippen molar-refractivity contribution in [1.82, 2.24) is 0 Å². The molecule has 0 aromatic heterocycles. The van der Waals surface area contributed by atoms with E-state index in [1.807, 2.05) is 19.1 Å². The van der Waals surface area contributed by atoms with E-state index in [4.69, 9.17) is 5.73 Å². The lowest BCUT2D eigenvalue weighted by atomic mass is 10.2. The Morgan fingerprint density at radius 1 is 1.50 bits per heavy atom. The molecule has 0 saturated heterocycles. The molecule has 0 fully saturated rings. The molecule has 0 bridgehead atoms. The topological polar surface area (TPSA) is 26.0 Å². The molecule has 1 aromatic rings. The van der Waals surface area contributed by atoms with Crippen LogP contribution in [0, 0.1) is 6.92 Å². The number of halogens is 1. The van der Waals surface area contributed by atoms with Gasteiger partial charge in [-0.25, -0.2) is 0 Å². The van der Waals surface area contributed by atoms with E-state index >= 15 is 0 Å². The molecule has 3 heteroatoms. The molecule has 1 rings (SSSR count). The molecule has 10 heavy (non-hydrogen) atoms. The lowest BCUT2D eigenvalue weighted by Gasteiger charge is -2.02. The summed E-state index contributed by atoms with van der Waals surface area (Å²) in [5, 5.41) is 0. The molecule has 1 nitrogen and oxygen atoms in total. The van der Waals surface area contributed by atoms with E-state index in [0.29, 0.717) is 5.69 Å². The summed E-state index contributed by atoms with van der Waals surface area (Å²) in [4.78, 5) is 0.826. The van der Waals surface area contributed by atoms with Crippen LogP contribution in [0.1, 0.15) is 5.56 Å². The molecule has 0 saturated carbocycles. The van der Waals surface area contributed by atoms with E-state index in [0.717, 1.165) is 14.9 Å². The number of nitrogens with two attached hydrogens (primary N) is 1. The fraction of sp³-hybridized carbons (Fsp3) is 0.143. The summed E-state index contributed by atoms with van der Waals surface area (Å²) < 4.78 is 0.914. The van der Waals surface area contributed by atoms with Gasteiger partial charge in [0.2, 0.25) is 0 Å². The van der Waals surface area contributed by atoms with Crippen molar-refractivity contribution in [2.24, 2.45) is 0 Å². The zero-order valence-corrected chi connectivity index (χ0v) is 8.04. The molecular weight excluding hydrogens is 210 g/mol. The van der Waals surface area contributed by atoms with E-state index < -0.39 is 0 Å². The van der Waals surface area contributed by atoms with Gasteiger partial charge in [0.1, 0.15) is 0 Å². The molecule has 0 aliphatic rings. The van der Waals surface area contributed by atoms with Crippen LogP contribution in [0.4, 0.5) is 5.69 Å². The first-order chi connectivity index (χ1) is 4.61. The quantitative estimate of drug-likeness (QED) is 0.508. The van der Waals surface area contributed by atoms with Crippen LogP contribution in [0.3, 0.4) is 0 Å². The van der Waals surface area contributed by atoms with Crippen molar-refractivity contribution < 1.29 is 0 Å². The zero-order valence-electron chi connectivity index (χ0n) is 5.56. The smallest absolute Gasteiger partial charge is 0.0594 e. The molecule has 0 spiro atoms. The van der Waals surface area contributed by atoms with Crippen LogP contribution in [0.5, 0.6) is 0 Å². The van der Waals surface area contributed by atoms with E-state index in [9.17, 15) is 0 Å². The predicted octanol–water partition coefficient (Wildman–Crippen LogP) is 2.63. The Morgan fingerprint density at radius 3 is 2.60 bits per heavy atom. The van der Waals surface area contributed by atoms with Crippen LogP contribution < -0.4 is 5.73 Å². The van der Waals surface area contributed by atoms with Gasteiger partial charge < -0.3 is 5.73 Å². The zero-order chi connectivity index (χ0) is 7.72. The van der Waals surface area contributed by atoms with Gasteiger partial charge in [-0.3, -0.25) is 0 Å². The summed E-state index contributed by atoms with van der Waals surface area (Å²) in [5.41, 5.74) is 7.49. The maximum atomic E-state index is 5.63. The van der Waals surface area contributed by atoms with Crippen LogP contribution in [-0.2, 0) is 0 Å². The van der Waals surface area contributed by atoms with Crippen molar-refractivity contribution in [2.45, 2.75) is 11.8 Å². The van der Waals surface area contributed by atoms with E-state index in [2.05, 4.69) is 28.6 Å². The summed E-state index contributed by atoms with van der Waals surface area (Å²) in [7, 11) is 0. The lowest BCUT2D eigenvalue weighted by Crippen LogP contribution is -1.89. The monoisotopic (exact) mass is 217 g/mol. The maximum Gasteiger partial charge on any atom is 0.0594 e. The van der Waals surface area contributed by atoms with Crippen LogP contribution in [0.2, 0.25) is 0 Å². The maximum absolute atomic E-state index is 5.63. The van der Waals surface area contributed by atoms with Gasteiger partial charge >= 0.3 is 0 Å². The van der Waals surface area contributed by atoms with Gasteiger partial charge in [-0.15, -0.1) is 12.6 Å². The second-order valence-electron chi connectivity index (χ2n) is 2.18. The fourth-order valence-electron chi connectivity index (χ4n) is 0.735. The molecule has 0 aliphatic carbocycles. The fourth-order valence-corrected chi connectivity index (χ4v) is 1.79. The predicted molar refractivity (Wildman–Crippen MR) is 50.5 cm³/mol. The molecule has 54 valence electrons. The molecular formula is C7H8BrNS. The second-order valence-corrected chi connectivity index (χ2v) is 3.52. The molecule has 0 aliphatic heterocycles. The van der Waals surface area contributed by atoms with Crippen molar-refractivity contribution in [3.8, 4) is 0 Å². The van der Waals surface area contributed by atoms with Crippen LogP contribution in [0.15, 0.2) is 21.5 Å². The number of anilines is 1. The first-order valence-corrected chi connectivity index (χ1v) is 4.10. The standard InChI is InChI=1S/C7H8BrNS/c1-4-2-5(8)7(9)6(10)3-4/h2-3,10H,9H2,1H3. The van der Waals surface area contributed by atoms with Crippen molar-refractivity contribution in [3.05, 3.63) is 22.2 Å². The first-order valence-electron chi connectivity index (χ1n) is 2.86. The van der Waals surface area contributed by atoms with E-state index in [1.54, 1.807) is 0 Å². The Balaban J connectivity index is 3.31. The summed E-state index contributed by atoms with van der Waals surface area (Å²) in [6.45, 7) is 2.00. The number of thiol groups is 1. The highest BCUT2D eigenvalue weighted by Crippen LogP contribution is 2.27. The molecule has 0 atom stereocenters. The van der Waals surface area contributed by atoms with Crippen LogP contribution >= 0.6 is 28.6 Å². The van der Waals surface area contributed by atoms with Crippen molar-refractivity contribution in [3.63, 3.8) is 0 Å². The summed E-state index contributed by atoms with van der Waals surface area (Å²) in [6.07, 6.45) is 0. The highest BCUT2D eigenvalue weighted by atomic mass is 79.9. The average Bonchev–Trinajstić information content (AvgIpc) is 1.82. The van der Waals surface area contributed by atoms with Gasteiger partial charge in [-0.2, -0.15) is 0 Å². The first kappa shape index (κ1) is 7.95. The van der Waals surface area contributed by atoms with E-state index in [1.165, 1.54) is 0 Å². The van der Waals surface area contributed by atoms with Crippen LogP contribution in [-0.4, -0.2) is 0 Å². The molecule has 2 N–H and O–H groups in total. The summed E-state index contributed by atoms with van der Waals surface area (Å²) >= 11 is 7.51. The van der Waals surface area contributed by atoms with Gasteiger partial charge in [0.15, 0.2) is 0 Å². The molecule has 0 heterocycles. The van der Waals surface area contributed by atoms with E-state index in [-0.39, 0.29) is 0 Å². The van der Waals surface area contributed by atoms with Crippen molar-refractivity contribution in [1.29, 1.82) is 0 Å². The Bertz CT molecular complexity index is 237. The third-order valence-electron chi connectivity index (χ3n) is 1.25. The minimum Gasteiger partial charge on any atom is -0.397 e. The number of nitrogen functional groups attached to an aromatic ring is 1. The number of benzene rings is 1. The number of aryl methyl sites for hydroxylation is 1. The minimum absolute atomic E-state index is 0.703. The Labute approximate surface area is 74.2 Å². The Morgan fingerprint density at radius 2 is 2.10 bits per heavy atom. The number of hydrogen-bond donors (Lipinski definition) is 2. The molecule has 1 aromatic carbocycles. The largest absolute Gasteiger partial charge is 0.397 e. The van der Waals surface area contributed by atoms with Gasteiger partial charge in [-0.1, -0.05) is 0 Å².